The van der Waals surface area contributed by atoms with Crippen molar-refractivity contribution in [3.63, 3.8) is 0 Å². The highest BCUT2D eigenvalue weighted by molar-refractivity contribution is 5.89. The van der Waals surface area contributed by atoms with E-state index in [1.165, 1.54) is 25.7 Å². The Morgan fingerprint density at radius 3 is 2.06 bits per heavy atom. The maximum atomic E-state index is 13.7. The normalized spacial score (nSPS) is 36.0. The fourth-order valence-electron chi connectivity index (χ4n) is 11.7. The molecule has 0 aromatic heterocycles. The van der Waals surface area contributed by atoms with Crippen LogP contribution in [-0.2, 0) is 18.9 Å². The monoisotopic (exact) mass is 670 g/mol. The lowest BCUT2D eigenvalue weighted by molar-refractivity contribution is -0.242. The number of hydrogen-bond donors (Lipinski definition) is 0. The highest BCUT2D eigenvalue weighted by atomic mass is 16.7. The zero-order valence-corrected chi connectivity index (χ0v) is 30.4. The molecule has 5 fully saturated rings. The molecule has 0 N–H and O–H groups in total. The van der Waals surface area contributed by atoms with Crippen LogP contribution in [0.25, 0.3) is 0 Å². The van der Waals surface area contributed by atoms with Crippen molar-refractivity contribution < 1.29 is 28.5 Å². The molecule has 49 heavy (non-hydrogen) atoms. The summed E-state index contributed by atoms with van der Waals surface area (Å²) in [7, 11) is 0. The molecular weight excluding hydrogens is 612 g/mol. The van der Waals surface area contributed by atoms with Gasteiger partial charge < -0.3 is 18.9 Å². The molecule has 6 heteroatoms. The fourth-order valence-corrected chi connectivity index (χ4v) is 11.7. The number of carbonyl (C=O) groups is 2. The highest BCUT2D eigenvalue weighted by Crippen LogP contribution is 2.69. The number of esters is 2. The van der Waals surface area contributed by atoms with E-state index in [4.69, 9.17) is 18.9 Å². The van der Waals surface area contributed by atoms with Crippen LogP contribution in [0.4, 0.5) is 0 Å². The first-order valence-electron chi connectivity index (χ1n) is 19.3. The minimum atomic E-state index is -0.453. The lowest BCUT2D eigenvalue weighted by Gasteiger charge is -2.63. The Labute approximate surface area is 294 Å². The largest absolute Gasteiger partial charge is 0.459 e. The summed E-state index contributed by atoms with van der Waals surface area (Å²) in [6.07, 6.45) is 10.4. The zero-order chi connectivity index (χ0) is 34.4. The van der Waals surface area contributed by atoms with Crippen LogP contribution in [0.1, 0.15) is 120 Å². The van der Waals surface area contributed by atoms with E-state index in [1.54, 1.807) is 0 Å². The average molecular weight is 671 g/mol. The predicted octanol–water partition coefficient (Wildman–Crippen LogP) is 9.52. The van der Waals surface area contributed by atoms with Crippen LogP contribution in [0, 0.1) is 52.3 Å². The van der Waals surface area contributed by atoms with Crippen LogP contribution in [0.15, 0.2) is 60.7 Å². The van der Waals surface area contributed by atoms with Gasteiger partial charge in [0.1, 0.15) is 12.2 Å². The first-order chi connectivity index (χ1) is 23.5. The molecule has 6 nitrogen and oxygen atoms in total. The molecule has 266 valence electrons. The van der Waals surface area contributed by atoms with Gasteiger partial charge in [0.05, 0.1) is 24.3 Å². The molecule has 1 saturated heterocycles. The quantitative estimate of drug-likeness (QED) is 0.248. The van der Waals surface area contributed by atoms with Gasteiger partial charge in [0.2, 0.25) is 0 Å². The van der Waals surface area contributed by atoms with Crippen molar-refractivity contribution in [1.29, 1.82) is 0 Å². The van der Waals surface area contributed by atoms with Crippen molar-refractivity contribution in [3.05, 3.63) is 71.8 Å². The Balaban J connectivity index is 1.09. The third-order valence-electron chi connectivity index (χ3n) is 14.4. The lowest BCUT2D eigenvalue weighted by Crippen LogP contribution is -2.60. The first kappa shape index (κ1) is 34.7. The van der Waals surface area contributed by atoms with Crippen molar-refractivity contribution in [2.75, 3.05) is 13.2 Å². The number of hydrogen-bond acceptors (Lipinski definition) is 6. The third kappa shape index (κ3) is 6.50. The number of carbonyl (C=O) groups excluding carboxylic acids is 2. The maximum absolute atomic E-state index is 13.7. The molecule has 0 radical (unpaired) electrons. The van der Waals surface area contributed by atoms with E-state index >= 15 is 0 Å². The second-order valence-electron chi connectivity index (χ2n) is 17.2. The van der Waals surface area contributed by atoms with Crippen LogP contribution in [0.5, 0.6) is 0 Å². The van der Waals surface area contributed by atoms with Gasteiger partial charge in [0.15, 0.2) is 5.79 Å². The SMILES string of the molecule is CC(C)C(CC[C@@H](C)C1CCC2C3C(CCC21C)C1(C)CCC2(C[C@@H]1C[C@H]3OC(=O)c1ccccc1)OCCO2)OC(=O)c1ccccc1. The van der Waals surface area contributed by atoms with E-state index < -0.39 is 5.79 Å². The van der Waals surface area contributed by atoms with Gasteiger partial charge >= 0.3 is 11.9 Å². The number of fused-ring (bicyclic) bond motifs is 5. The summed E-state index contributed by atoms with van der Waals surface area (Å²) in [5.41, 5.74) is 1.65. The minimum absolute atomic E-state index is 0.102. The van der Waals surface area contributed by atoms with E-state index in [9.17, 15) is 9.59 Å². The summed E-state index contributed by atoms with van der Waals surface area (Å²) in [5.74, 6) is 2.32. The van der Waals surface area contributed by atoms with Gasteiger partial charge in [-0.2, -0.15) is 0 Å². The van der Waals surface area contributed by atoms with Crippen LogP contribution in [0.2, 0.25) is 0 Å². The van der Waals surface area contributed by atoms with Crippen molar-refractivity contribution in [1.82, 2.24) is 0 Å². The van der Waals surface area contributed by atoms with E-state index in [0.717, 1.165) is 38.5 Å². The van der Waals surface area contributed by atoms with Gasteiger partial charge in [-0.15, -0.1) is 0 Å². The molecule has 1 heterocycles. The molecule has 7 rings (SSSR count). The topological polar surface area (TPSA) is 71.1 Å². The van der Waals surface area contributed by atoms with Crippen LogP contribution in [0.3, 0.4) is 0 Å². The van der Waals surface area contributed by atoms with Crippen LogP contribution >= 0.6 is 0 Å². The summed E-state index contributed by atoms with van der Waals surface area (Å²) in [5, 5.41) is 0. The van der Waals surface area contributed by atoms with Crippen molar-refractivity contribution in [2.24, 2.45) is 52.3 Å². The summed E-state index contributed by atoms with van der Waals surface area (Å²) < 4.78 is 25.3. The lowest BCUT2D eigenvalue weighted by atomic mass is 9.43. The second-order valence-corrected chi connectivity index (χ2v) is 17.2. The molecule has 7 unspecified atom stereocenters. The van der Waals surface area contributed by atoms with Gasteiger partial charge in [-0.3, -0.25) is 0 Å². The van der Waals surface area contributed by atoms with E-state index in [2.05, 4.69) is 34.6 Å². The molecule has 4 aliphatic carbocycles. The molecule has 4 saturated carbocycles. The Morgan fingerprint density at radius 2 is 1.41 bits per heavy atom. The molecule has 1 aliphatic heterocycles. The molecule has 1 spiro atoms. The average Bonchev–Trinajstić information content (AvgIpc) is 3.71. The number of ether oxygens (including phenoxy) is 4. The Kier molecular flexibility index (Phi) is 9.77. The van der Waals surface area contributed by atoms with Crippen LogP contribution in [-0.4, -0.2) is 43.1 Å². The molecule has 10 atom stereocenters. The summed E-state index contributed by atoms with van der Waals surface area (Å²) in [6.45, 7) is 13.2. The standard InChI is InChI=1S/C43H58O6/c1-28(2)36(48-39(44)30-12-8-6-9-13-30)19-16-29(3)33-17-18-34-38-35(20-21-42(33,34)5)41(4)22-23-43(46-24-25-47-43)27-32(41)26-37(38)49-40(45)31-14-10-7-11-15-31/h6-15,28-29,32-38H,16-27H2,1-5H3/t29-,32+,33?,34?,35?,36?,37-,38?,41?,42?/m1/s1. The van der Waals surface area contributed by atoms with Gasteiger partial charge in [-0.05, 0) is 122 Å². The van der Waals surface area contributed by atoms with Crippen molar-refractivity contribution in [2.45, 2.75) is 117 Å². The van der Waals surface area contributed by atoms with E-state index in [-0.39, 0.29) is 40.9 Å². The third-order valence-corrected chi connectivity index (χ3v) is 14.4. The molecule has 0 amide bonds. The molecule has 5 aliphatic rings. The minimum Gasteiger partial charge on any atom is -0.459 e. The smallest absolute Gasteiger partial charge is 0.338 e. The zero-order valence-electron chi connectivity index (χ0n) is 30.4. The van der Waals surface area contributed by atoms with Crippen molar-refractivity contribution >= 4 is 11.9 Å². The van der Waals surface area contributed by atoms with Crippen LogP contribution < -0.4 is 0 Å². The van der Waals surface area contributed by atoms with Gasteiger partial charge in [0.25, 0.3) is 0 Å². The second kappa shape index (κ2) is 13.8. The molecule has 2 aromatic carbocycles. The summed E-state index contributed by atoms with van der Waals surface area (Å²) >= 11 is 0. The van der Waals surface area contributed by atoms with E-state index in [1.807, 2.05) is 60.7 Å². The maximum Gasteiger partial charge on any atom is 0.338 e. The summed E-state index contributed by atoms with van der Waals surface area (Å²) in [4.78, 5) is 26.6. The Bertz CT molecular complexity index is 1450. The summed E-state index contributed by atoms with van der Waals surface area (Å²) in [6, 6.07) is 18.9. The van der Waals surface area contributed by atoms with Gasteiger partial charge in [0, 0.05) is 18.8 Å². The van der Waals surface area contributed by atoms with Gasteiger partial charge in [-0.1, -0.05) is 71.0 Å². The predicted molar refractivity (Wildman–Crippen MR) is 190 cm³/mol. The highest BCUT2D eigenvalue weighted by Gasteiger charge is 2.65. The number of benzene rings is 2. The number of rotatable bonds is 9. The van der Waals surface area contributed by atoms with Crippen molar-refractivity contribution in [3.8, 4) is 0 Å². The fraction of sp³-hybridized carbons (Fsp3) is 0.674. The molecule has 0 bridgehead atoms. The first-order valence-corrected chi connectivity index (χ1v) is 19.3. The molecular formula is C43H58O6. The van der Waals surface area contributed by atoms with Gasteiger partial charge in [-0.25, -0.2) is 9.59 Å². The molecule has 2 aromatic rings. The Hall–Kier alpha value is -2.70. The Morgan fingerprint density at radius 1 is 0.776 bits per heavy atom. The van der Waals surface area contributed by atoms with E-state index in [0.29, 0.717) is 59.8 Å².